The quantitative estimate of drug-likeness (QED) is 0.472. The fraction of sp³-hybridized carbons (Fsp3) is 0.250. The molecule has 0 spiro atoms. The van der Waals surface area contributed by atoms with Crippen molar-refractivity contribution in [1.82, 2.24) is 4.98 Å². The molecule has 0 aliphatic rings. The van der Waals surface area contributed by atoms with Crippen LogP contribution in [0.15, 0.2) is 12.1 Å². The van der Waals surface area contributed by atoms with E-state index in [-0.39, 0.29) is 12.0 Å². The highest BCUT2D eigenvalue weighted by molar-refractivity contribution is 14.1. The summed E-state index contributed by atoms with van der Waals surface area (Å²) in [5.41, 5.74) is 0.257. The number of carbonyl (C=O) groups excluding carboxylic acids is 1. The van der Waals surface area contributed by atoms with E-state index in [1.54, 1.807) is 6.07 Å². The molecular formula is C8H7FINO2. The highest BCUT2D eigenvalue weighted by atomic mass is 127. The molecular weight excluding hydrogens is 288 g/mol. The fourth-order valence-corrected chi connectivity index (χ4v) is 1.19. The number of carbonyl (C=O) groups is 1. The Hall–Kier alpha value is -0.720. The second-order valence-corrected chi connectivity index (χ2v) is 3.44. The van der Waals surface area contributed by atoms with Crippen LogP contribution in [0.3, 0.4) is 0 Å². The molecule has 0 radical (unpaired) electrons. The first-order valence-electron chi connectivity index (χ1n) is 3.51. The summed E-state index contributed by atoms with van der Waals surface area (Å²) in [6.07, 6.45) is -0.0771. The van der Waals surface area contributed by atoms with Crippen LogP contribution in [0.25, 0.3) is 0 Å². The van der Waals surface area contributed by atoms with Gasteiger partial charge in [-0.15, -0.1) is 0 Å². The van der Waals surface area contributed by atoms with Gasteiger partial charge in [0.1, 0.15) is 3.70 Å². The lowest BCUT2D eigenvalue weighted by Crippen LogP contribution is -2.07. The van der Waals surface area contributed by atoms with E-state index >= 15 is 0 Å². The predicted molar refractivity (Wildman–Crippen MR) is 52.6 cm³/mol. The van der Waals surface area contributed by atoms with Gasteiger partial charge in [0.05, 0.1) is 13.5 Å². The van der Waals surface area contributed by atoms with Crippen LogP contribution in [0.5, 0.6) is 0 Å². The second-order valence-electron chi connectivity index (χ2n) is 2.34. The number of esters is 1. The Morgan fingerprint density at radius 3 is 2.92 bits per heavy atom. The Morgan fingerprint density at radius 2 is 2.38 bits per heavy atom. The third kappa shape index (κ3) is 2.91. The van der Waals surface area contributed by atoms with Crippen LogP contribution >= 0.6 is 22.6 Å². The average Bonchev–Trinajstić information content (AvgIpc) is 2.09. The van der Waals surface area contributed by atoms with Gasteiger partial charge < -0.3 is 4.74 Å². The summed E-state index contributed by atoms with van der Waals surface area (Å²) in [4.78, 5) is 14.4. The zero-order chi connectivity index (χ0) is 9.84. The van der Waals surface area contributed by atoms with Crippen LogP contribution in [-0.2, 0) is 16.0 Å². The molecule has 0 amide bonds. The Labute approximate surface area is 88.4 Å². The molecule has 1 aromatic heterocycles. The number of hydrogen-bond acceptors (Lipinski definition) is 3. The van der Waals surface area contributed by atoms with Gasteiger partial charge in [-0.05, 0) is 28.7 Å². The molecule has 0 saturated carbocycles. The molecule has 1 aromatic rings. The second kappa shape index (κ2) is 4.50. The molecule has 0 aliphatic carbocycles. The molecule has 0 saturated heterocycles. The molecule has 1 heterocycles. The van der Waals surface area contributed by atoms with Crippen LogP contribution < -0.4 is 0 Å². The van der Waals surface area contributed by atoms with Crippen molar-refractivity contribution in [3.8, 4) is 0 Å². The molecule has 0 aliphatic heterocycles. The van der Waals surface area contributed by atoms with Crippen molar-refractivity contribution >= 4 is 28.6 Å². The minimum absolute atomic E-state index is 0.0771. The SMILES string of the molecule is COC(=O)Cc1ccc(I)nc1F. The number of halogens is 2. The first-order chi connectivity index (χ1) is 6.13. The third-order valence-electron chi connectivity index (χ3n) is 1.45. The number of pyridine rings is 1. The summed E-state index contributed by atoms with van der Waals surface area (Å²) in [5, 5.41) is 0. The molecule has 5 heteroatoms. The normalized spacial score (nSPS) is 9.77. The minimum atomic E-state index is -0.614. The summed E-state index contributed by atoms with van der Waals surface area (Å²) in [6.45, 7) is 0. The predicted octanol–water partition coefficient (Wildman–Crippen LogP) is 1.54. The van der Waals surface area contributed by atoms with Crippen molar-refractivity contribution in [3.63, 3.8) is 0 Å². The Balaban J connectivity index is 2.83. The van der Waals surface area contributed by atoms with E-state index < -0.39 is 11.9 Å². The number of hydrogen-bond donors (Lipinski definition) is 0. The third-order valence-corrected chi connectivity index (χ3v) is 2.06. The van der Waals surface area contributed by atoms with Gasteiger partial charge in [-0.2, -0.15) is 4.39 Å². The van der Waals surface area contributed by atoms with Crippen LogP contribution in [0.4, 0.5) is 4.39 Å². The van der Waals surface area contributed by atoms with E-state index in [4.69, 9.17) is 0 Å². The fourth-order valence-electron chi connectivity index (χ4n) is 0.800. The van der Waals surface area contributed by atoms with Crippen molar-refractivity contribution in [2.75, 3.05) is 7.11 Å². The molecule has 1 rings (SSSR count). The molecule has 13 heavy (non-hydrogen) atoms. The van der Waals surface area contributed by atoms with Gasteiger partial charge in [0.15, 0.2) is 0 Å². The van der Waals surface area contributed by atoms with Crippen molar-refractivity contribution in [2.45, 2.75) is 6.42 Å². The van der Waals surface area contributed by atoms with Crippen molar-refractivity contribution in [3.05, 3.63) is 27.3 Å². The van der Waals surface area contributed by atoms with Crippen molar-refractivity contribution < 1.29 is 13.9 Å². The van der Waals surface area contributed by atoms with E-state index in [2.05, 4.69) is 9.72 Å². The highest BCUT2D eigenvalue weighted by Crippen LogP contribution is 2.09. The van der Waals surface area contributed by atoms with Gasteiger partial charge in [-0.3, -0.25) is 4.79 Å². The standard InChI is InChI=1S/C8H7FINO2/c1-13-7(12)4-5-2-3-6(10)11-8(5)9/h2-3H,4H2,1H3. The summed E-state index contributed by atoms with van der Waals surface area (Å²) >= 11 is 1.90. The van der Waals surface area contributed by atoms with E-state index in [9.17, 15) is 9.18 Å². The summed E-state index contributed by atoms with van der Waals surface area (Å²) in [7, 11) is 1.26. The van der Waals surface area contributed by atoms with Crippen LogP contribution in [0.2, 0.25) is 0 Å². The molecule has 70 valence electrons. The monoisotopic (exact) mass is 295 g/mol. The lowest BCUT2D eigenvalue weighted by atomic mass is 10.2. The largest absolute Gasteiger partial charge is 0.469 e. The molecule has 3 nitrogen and oxygen atoms in total. The van der Waals surface area contributed by atoms with Crippen LogP contribution in [-0.4, -0.2) is 18.1 Å². The smallest absolute Gasteiger partial charge is 0.310 e. The summed E-state index contributed by atoms with van der Waals surface area (Å²) in [5.74, 6) is -1.08. The van der Waals surface area contributed by atoms with Gasteiger partial charge in [0, 0.05) is 5.56 Å². The number of aromatic nitrogens is 1. The minimum Gasteiger partial charge on any atom is -0.469 e. The number of nitrogens with zero attached hydrogens (tertiary/aromatic N) is 1. The van der Waals surface area contributed by atoms with Crippen molar-refractivity contribution in [2.24, 2.45) is 0 Å². The number of ether oxygens (including phenoxy) is 1. The Morgan fingerprint density at radius 1 is 1.69 bits per heavy atom. The maximum absolute atomic E-state index is 13.0. The molecule has 0 aromatic carbocycles. The van der Waals surface area contributed by atoms with Gasteiger partial charge in [-0.1, -0.05) is 6.07 Å². The van der Waals surface area contributed by atoms with Gasteiger partial charge >= 0.3 is 5.97 Å². The molecule has 0 bridgehead atoms. The summed E-state index contributed by atoms with van der Waals surface area (Å²) < 4.78 is 18.0. The highest BCUT2D eigenvalue weighted by Gasteiger charge is 2.09. The lowest BCUT2D eigenvalue weighted by molar-refractivity contribution is -0.139. The lowest BCUT2D eigenvalue weighted by Gasteiger charge is -2.00. The average molecular weight is 295 g/mol. The maximum Gasteiger partial charge on any atom is 0.310 e. The van der Waals surface area contributed by atoms with Gasteiger partial charge in [0.25, 0.3) is 0 Å². The first kappa shape index (κ1) is 10.4. The van der Waals surface area contributed by atoms with Crippen LogP contribution in [0, 0.1) is 9.65 Å². The Bertz CT molecular complexity index is 330. The van der Waals surface area contributed by atoms with Gasteiger partial charge in [0.2, 0.25) is 5.95 Å². The van der Waals surface area contributed by atoms with E-state index in [1.165, 1.54) is 13.2 Å². The summed E-state index contributed by atoms with van der Waals surface area (Å²) in [6, 6.07) is 3.17. The zero-order valence-corrected chi connectivity index (χ0v) is 9.04. The maximum atomic E-state index is 13.0. The zero-order valence-electron chi connectivity index (χ0n) is 6.88. The van der Waals surface area contributed by atoms with E-state index in [0.29, 0.717) is 3.70 Å². The molecule has 0 atom stereocenters. The van der Waals surface area contributed by atoms with E-state index in [0.717, 1.165) is 0 Å². The Kier molecular flexibility index (Phi) is 3.58. The molecule has 0 N–H and O–H groups in total. The first-order valence-corrected chi connectivity index (χ1v) is 4.59. The van der Waals surface area contributed by atoms with E-state index in [1.807, 2.05) is 22.6 Å². The van der Waals surface area contributed by atoms with Gasteiger partial charge in [-0.25, -0.2) is 4.98 Å². The molecule has 0 unspecified atom stereocenters. The van der Waals surface area contributed by atoms with Crippen molar-refractivity contribution in [1.29, 1.82) is 0 Å². The van der Waals surface area contributed by atoms with Crippen LogP contribution in [0.1, 0.15) is 5.56 Å². The number of methoxy groups -OCH3 is 1. The topological polar surface area (TPSA) is 39.2 Å². The molecule has 0 fully saturated rings. The number of rotatable bonds is 2.